The maximum absolute atomic E-state index is 13.4. The summed E-state index contributed by atoms with van der Waals surface area (Å²) < 4.78 is 33.7. The number of methoxy groups -OCH3 is 1. The van der Waals surface area contributed by atoms with Crippen LogP contribution in [0.4, 0.5) is 5.69 Å². The molecule has 2 fully saturated rings. The largest absolute Gasteiger partial charge is 0.496 e. The Bertz CT molecular complexity index is 1090. The normalized spacial score (nSPS) is 18.1. The van der Waals surface area contributed by atoms with Gasteiger partial charge in [0.05, 0.1) is 17.6 Å². The summed E-state index contributed by atoms with van der Waals surface area (Å²) >= 11 is 6.10. The van der Waals surface area contributed by atoms with Crippen LogP contribution in [0.2, 0.25) is 5.02 Å². The van der Waals surface area contributed by atoms with Crippen molar-refractivity contribution in [3.63, 3.8) is 0 Å². The van der Waals surface area contributed by atoms with Crippen molar-refractivity contribution in [3.05, 3.63) is 53.1 Å². The lowest BCUT2D eigenvalue weighted by molar-refractivity contribution is 0.0758. The zero-order valence-electron chi connectivity index (χ0n) is 18.9. The first kappa shape index (κ1) is 23.9. The molecule has 0 bridgehead atoms. The van der Waals surface area contributed by atoms with E-state index in [4.69, 9.17) is 16.3 Å². The Labute approximate surface area is 200 Å². The fourth-order valence-corrected chi connectivity index (χ4v) is 6.10. The fraction of sp³-hybridized carbons (Fsp3) is 0.458. The summed E-state index contributed by atoms with van der Waals surface area (Å²) in [5.41, 5.74) is 1.28. The number of hydrogen-bond donors (Lipinski definition) is 0. The van der Waals surface area contributed by atoms with Gasteiger partial charge >= 0.3 is 0 Å². The monoisotopic (exact) mass is 491 g/mol. The molecule has 33 heavy (non-hydrogen) atoms. The molecule has 2 aromatic carbocycles. The van der Waals surface area contributed by atoms with E-state index in [1.165, 1.54) is 23.5 Å². The number of amides is 1. The molecule has 1 amide bonds. The van der Waals surface area contributed by atoms with Crippen molar-refractivity contribution in [1.29, 1.82) is 0 Å². The third-order valence-electron chi connectivity index (χ3n) is 6.34. The second-order valence-corrected chi connectivity index (χ2v) is 10.8. The molecule has 2 aromatic rings. The summed E-state index contributed by atoms with van der Waals surface area (Å²) in [4.78, 5) is 17.3. The van der Waals surface area contributed by atoms with E-state index in [2.05, 4.69) is 4.90 Å². The molecule has 7 nitrogen and oxygen atoms in total. The molecule has 2 saturated heterocycles. The molecule has 2 heterocycles. The van der Waals surface area contributed by atoms with Crippen molar-refractivity contribution in [1.82, 2.24) is 9.21 Å². The first-order chi connectivity index (χ1) is 15.9. The second kappa shape index (κ2) is 10.3. The average Bonchev–Trinajstić information content (AvgIpc) is 3.13. The van der Waals surface area contributed by atoms with Crippen LogP contribution in [0.5, 0.6) is 5.75 Å². The number of nitrogens with zero attached hydrogens (tertiary/aromatic N) is 3. The third-order valence-corrected chi connectivity index (χ3v) is 8.47. The van der Waals surface area contributed by atoms with Gasteiger partial charge in [-0.05, 0) is 49.2 Å². The molecular formula is C24H30ClN3O4S. The van der Waals surface area contributed by atoms with E-state index in [-0.39, 0.29) is 10.8 Å². The lowest BCUT2D eigenvalue weighted by Gasteiger charge is -2.35. The number of hydrogen-bond acceptors (Lipinski definition) is 5. The Kier molecular flexibility index (Phi) is 7.46. The maximum Gasteiger partial charge on any atom is 0.257 e. The molecule has 2 aliphatic rings. The topological polar surface area (TPSA) is 70.2 Å². The third kappa shape index (κ3) is 5.28. The van der Waals surface area contributed by atoms with E-state index < -0.39 is 10.0 Å². The maximum atomic E-state index is 13.4. The number of ether oxygens (including phenoxy) is 1. The van der Waals surface area contributed by atoms with Crippen LogP contribution in [0, 0.1) is 0 Å². The molecule has 0 spiro atoms. The second-order valence-electron chi connectivity index (χ2n) is 8.44. The summed E-state index contributed by atoms with van der Waals surface area (Å²) in [6.07, 6.45) is 4.14. The Morgan fingerprint density at radius 2 is 1.61 bits per heavy atom. The Balaban J connectivity index is 1.53. The van der Waals surface area contributed by atoms with Gasteiger partial charge in [0.15, 0.2) is 0 Å². The van der Waals surface area contributed by atoms with Gasteiger partial charge in [0.25, 0.3) is 5.91 Å². The number of sulfonamides is 1. The molecule has 178 valence electrons. The molecule has 0 aliphatic carbocycles. The number of carbonyl (C=O) groups is 1. The zero-order chi connectivity index (χ0) is 23.4. The van der Waals surface area contributed by atoms with Gasteiger partial charge in [-0.2, -0.15) is 4.31 Å². The highest BCUT2D eigenvalue weighted by molar-refractivity contribution is 7.89. The smallest absolute Gasteiger partial charge is 0.257 e. The number of carbonyl (C=O) groups excluding carboxylic acids is 1. The van der Waals surface area contributed by atoms with Crippen molar-refractivity contribution < 1.29 is 17.9 Å². The van der Waals surface area contributed by atoms with Crippen LogP contribution < -0.4 is 9.64 Å². The quantitative estimate of drug-likeness (QED) is 0.635. The van der Waals surface area contributed by atoms with E-state index in [0.717, 1.165) is 31.4 Å². The lowest BCUT2D eigenvalue weighted by Crippen LogP contribution is -2.48. The SMILES string of the molecule is COc1ccc(S(=O)(=O)N2CCN(c3cccc(Cl)c3)CC2)cc1C(=O)N1CCCCCC1. The highest BCUT2D eigenvalue weighted by atomic mass is 35.5. The predicted molar refractivity (Wildman–Crippen MR) is 130 cm³/mol. The van der Waals surface area contributed by atoms with Crippen LogP contribution in [-0.2, 0) is 10.0 Å². The number of anilines is 1. The molecule has 9 heteroatoms. The summed E-state index contributed by atoms with van der Waals surface area (Å²) in [5, 5.41) is 0.655. The van der Waals surface area contributed by atoms with Gasteiger partial charge in [-0.3, -0.25) is 4.79 Å². The van der Waals surface area contributed by atoms with Gasteiger partial charge in [0, 0.05) is 50.0 Å². The number of rotatable bonds is 5. The standard InChI is InChI=1S/C24H30ClN3O4S/c1-32-23-10-9-21(18-22(23)24(29)27-11-4-2-3-5-12-27)33(30,31)28-15-13-26(14-16-28)20-8-6-7-19(25)17-20/h6-10,17-18H,2-5,11-16H2,1H3. The fourth-order valence-electron chi connectivity index (χ4n) is 4.47. The minimum atomic E-state index is -3.74. The van der Waals surface area contributed by atoms with Crippen LogP contribution in [0.25, 0.3) is 0 Å². The number of piperazine rings is 1. The van der Waals surface area contributed by atoms with Crippen LogP contribution in [0.15, 0.2) is 47.4 Å². The Hall–Kier alpha value is -2.29. The molecular weight excluding hydrogens is 462 g/mol. The van der Waals surface area contributed by atoms with Crippen LogP contribution in [-0.4, -0.2) is 69.9 Å². The summed E-state index contributed by atoms with van der Waals surface area (Å²) in [6.45, 7) is 3.21. The first-order valence-corrected chi connectivity index (χ1v) is 13.2. The van der Waals surface area contributed by atoms with Crippen molar-refractivity contribution >= 4 is 33.2 Å². The highest BCUT2D eigenvalue weighted by Gasteiger charge is 2.30. The summed E-state index contributed by atoms with van der Waals surface area (Å²) in [5.74, 6) is 0.227. The predicted octanol–water partition coefficient (Wildman–Crippen LogP) is 3.88. The average molecular weight is 492 g/mol. The van der Waals surface area contributed by atoms with Gasteiger partial charge in [-0.1, -0.05) is 30.5 Å². The van der Waals surface area contributed by atoms with Crippen molar-refractivity contribution in [3.8, 4) is 5.75 Å². The lowest BCUT2D eigenvalue weighted by atomic mass is 10.1. The molecule has 0 atom stereocenters. The van der Waals surface area contributed by atoms with E-state index in [9.17, 15) is 13.2 Å². The van der Waals surface area contributed by atoms with E-state index in [0.29, 0.717) is 55.6 Å². The number of halogens is 1. The van der Waals surface area contributed by atoms with Crippen LogP contribution >= 0.6 is 11.6 Å². The van der Waals surface area contributed by atoms with Crippen molar-refractivity contribution in [2.24, 2.45) is 0 Å². The summed E-state index contributed by atoms with van der Waals surface area (Å²) in [7, 11) is -2.24. The first-order valence-electron chi connectivity index (χ1n) is 11.4. The molecule has 0 radical (unpaired) electrons. The van der Waals surface area contributed by atoms with Crippen molar-refractivity contribution in [2.45, 2.75) is 30.6 Å². The van der Waals surface area contributed by atoms with Crippen molar-refractivity contribution in [2.75, 3.05) is 51.3 Å². The van der Waals surface area contributed by atoms with Crippen LogP contribution in [0.3, 0.4) is 0 Å². The minimum absolute atomic E-state index is 0.123. The Morgan fingerprint density at radius 3 is 2.24 bits per heavy atom. The van der Waals surface area contributed by atoms with E-state index >= 15 is 0 Å². The highest BCUT2D eigenvalue weighted by Crippen LogP contribution is 2.28. The van der Waals surface area contributed by atoms with Crippen LogP contribution in [0.1, 0.15) is 36.0 Å². The number of benzene rings is 2. The number of likely N-dealkylation sites (tertiary alicyclic amines) is 1. The molecule has 0 unspecified atom stereocenters. The van der Waals surface area contributed by atoms with Gasteiger partial charge in [0.1, 0.15) is 5.75 Å². The van der Waals surface area contributed by atoms with Gasteiger partial charge in [0.2, 0.25) is 10.0 Å². The van der Waals surface area contributed by atoms with E-state index in [1.54, 1.807) is 6.07 Å². The molecule has 4 rings (SSSR count). The van der Waals surface area contributed by atoms with E-state index in [1.807, 2.05) is 29.2 Å². The summed E-state index contributed by atoms with van der Waals surface area (Å²) in [6, 6.07) is 12.2. The Morgan fingerprint density at radius 1 is 0.909 bits per heavy atom. The zero-order valence-corrected chi connectivity index (χ0v) is 20.4. The molecule has 0 aromatic heterocycles. The van der Waals surface area contributed by atoms with Gasteiger partial charge in [-0.15, -0.1) is 0 Å². The molecule has 0 N–H and O–H groups in total. The molecule has 0 saturated carbocycles. The van der Waals surface area contributed by atoms with Gasteiger partial charge in [-0.25, -0.2) is 8.42 Å². The molecule has 2 aliphatic heterocycles. The minimum Gasteiger partial charge on any atom is -0.496 e. The van der Waals surface area contributed by atoms with Gasteiger partial charge < -0.3 is 14.5 Å².